The lowest BCUT2D eigenvalue weighted by molar-refractivity contribution is -0.349. The van der Waals surface area contributed by atoms with Crippen molar-refractivity contribution < 1.29 is 44.5 Å². The van der Waals surface area contributed by atoms with Gasteiger partial charge in [-0.15, -0.1) is 0 Å². The number of ether oxygens (including phenoxy) is 4. The first-order valence-corrected chi connectivity index (χ1v) is 8.73. The second kappa shape index (κ2) is 8.82. The number of aliphatic hydroxyl groups is 5. The minimum Gasteiger partial charge on any atom is -0.388 e. The molecule has 2 heterocycles. The molecule has 0 aromatic carbocycles. The molecule has 2 rings (SSSR count). The summed E-state index contributed by atoms with van der Waals surface area (Å²) < 4.78 is 21.4. The Labute approximate surface area is 150 Å². The van der Waals surface area contributed by atoms with Gasteiger partial charge in [-0.2, -0.15) is 25.3 Å². The minimum atomic E-state index is -1.55. The predicted molar refractivity (Wildman–Crippen MR) is 86.9 cm³/mol. The molecule has 10 unspecified atom stereocenters. The Morgan fingerprint density at radius 3 is 1.83 bits per heavy atom. The van der Waals surface area contributed by atoms with E-state index in [-0.39, 0.29) is 11.5 Å². The van der Waals surface area contributed by atoms with Gasteiger partial charge in [-0.1, -0.05) is 0 Å². The molecule has 0 aromatic heterocycles. The fraction of sp³-hybridized carbons (Fsp3) is 1.00. The Morgan fingerprint density at radius 1 is 0.750 bits per heavy atom. The molecule has 9 nitrogen and oxygen atoms in total. The summed E-state index contributed by atoms with van der Waals surface area (Å²) in [5, 5.41) is 50.0. The first-order chi connectivity index (χ1) is 11.3. The molecule has 10 atom stereocenters. The molecule has 24 heavy (non-hydrogen) atoms. The van der Waals surface area contributed by atoms with Crippen molar-refractivity contribution in [3.05, 3.63) is 0 Å². The lowest BCUT2D eigenvalue weighted by Gasteiger charge is -2.46. The monoisotopic (exact) mass is 388 g/mol. The first kappa shape index (κ1) is 20.6. The molecule has 2 aliphatic heterocycles. The Morgan fingerprint density at radius 2 is 1.29 bits per heavy atom. The average molecular weight is 388 g/mol. The van der Waals surface area contributed by atoms with Gasteiger partial charge in [0.05, 0.1) is 12.2 Å². The average Bonchev–Trinajstić information content (AvgIpc) is 2.59. The van der Waals surface area contributed by atoms with Crippen LogP contribution in [0.15, 0.2) is 0 Å². The fourth-order valence-corrected chi connectivity index (χ4v) is 3.35. The Kier molecular flexibility index (Phi) is 7.59. The van der Waals surface area contributed by atoms with Gasteiger partial charge in [-0.3, -0.25) is 0 Å². The van der Waals surface area contributed by atoms with Crippen molar-refractivity contribution in [1.29, 1.82) is 0 Å². The van der Waals surface area contributed by atoms with E-state index in [2.05, 4.69) is 25.3 Å². The van der Waals surface area contributed by atoms with Crippen LogP contribution in [0.3, 0.4) is 0 Å². The summed E-state index contributed by atoms with van der Waals surface area (Å²) in [4.78, 5) is 0. The van der Waals surface area contributed by atoms with Crippen LogP contribution in [0.5, 0.6) is 0 Å². The molecular weight excluding hydrogens is 364 g/mol. The van der Waals surface area contributed by atoms with Crippen molar-refractivity contribution in [2.75, 3.05) is 18.6 Å². The van der Waals surface area contributed by atoms with Gasteiger partial charge in [0.1, 0.15) is 36.6 Å². The highest BCUT2D eigenvalue weighted by atomic mass is 32.1. The van der Waals surface area contributed by atoms with Gasteiger partial charge in [0.2, 0.25) is 0 Å². The van der Waals surface area contributed by atoms with Gasteiger partial charge in [-0.25, -0.2) is 0 Å². The number of thiol groups is 2. The van der Waals surface area contributed by atoms with E-state index in [1.165, 1.54) is 7.11 Å². The number of hydrogen-bond donors (Lipinski definition) is 7. The summed E-state index contributed by atoms with van der Waals surface area (Å²) in [6, 6.07) is 0. The first-order valence-electron chi connectivity index (χ1n) is 7.46. The van der Waals surface area contributed by atoms with Crippen LogP contribution in [-0.2, 0) is 18.9 Å². The van der Waals surface area contributed by atoms with Gasteiger partial charge >= 0.3 is 0 Å². The number of rotatable bonds is 5. The van der Waals surface area contributed by atoms with E-state index in [1.807, 2.05) is 0 Å². The topological polar surface area (TPSA) is 138 Å². The van der Waals surface area contributed by atoms with Crippen molar-refractivity contribution >= 4 is 25.3 Å². The van der Waals surface area contributed by atoms with Crippen LogP contribution in [0.2, 0.25) is 0 Å². The molecular formula is C13H24O9S2. The second-order valence-corrected chi connectivity index (χ2v) is 6.47. The van der Waals surface area contributed by atoms with Crippen LogP contribution in [-0.4, -0.2) is 106 Å². The molecule has 0 aromatic rings. The van der Waals surface area contributed by atoms with E-state index >= 15 is 0 Å². The van der Waals surface area contributed by atoms with Crippen molar-refractivity contribution in [1.82, 2.24) is 0 Å². The van der Waals surface area contributed by atoms with Crippen LogP contribution >= 0.6 is 25.3 Å². The van der Waals surface area contributed by atoms with Gasteiger partial charge in [0, 0.05) is 18.6 Å². The van der Waals surface area contributed by atoms with E-state index < -0.39 is 61.4 Å². The lowest BCUT2D eigenvalue weighted by atomic mass is 9.97. The van der Waals surface area contributed by atoms with E-state index in [0.717, 1.165) is 0 Å². The van der Waals surface area contributed by atoms with Crippen LogP contribution in [0.25, 0.3) is 0 Å². The maximum atomic E-state index is 10.3. The van der Waals surface area contributed by atoms with Crippen LogP contribution in [0, 0.1) is 0 Å². The van der Waals surface area contributed by atoms with Crippen LogP contribution in [0.4, 0.5) is 0 Å². The molecule has 0 radical (unpaired) electrons. The van der Waals surface area contributed by atoms with Gasteiger partial charge in [-0.05, 0) is 0 Å². The largest absolute Gasteiger partial charge is 0.388 e. The number of aliphatic hydroxyl groups excluding tert-OH is 5. The zero-order valence-corrected chi connectivity index (χ0v) is 14.7. The maximum Gasteiger partial charge on any atom is 0.187 e. The molecule has 2 fully saturated rings. The molecule has 0 spiro atoms. The molecule has 2 saturated heterocycles. The summed E-state index contributed by atoms with van der Waals surface area (Å²) in [6.07, 6.45) is -12.3. The van der Waals surface area contributed by atoms with E-state index in [1.54, 1.807) is 0 Å². The molecule has 5 N–H and O–H groups in total. The van der Waals surface area contributed by atoms with Gasteiger partial charge in [0.25, 0.3) is 0 Å². The molecule has 0 aliphatic carbocycles. The quantitative estimate of drug-likeness (QED) is 0.248. The van der Waals surface area contributed by atoms with E-state index in [9.17, 15) is 25.5 Å². The lowest BCUT2D eigenvalue weighted by Crippen LogP contribution is -2.64. The Balaban J connectivity index is 2.12. The summed E-state index contributed by atoms with van der Waals surface area (Å²) in [6.45, 7) is 0. The minimum absolute atomic E-state index is 0.0822. The van der Waals surface area contributed by atoms with Crippen LogP contribution in [0.1, 0.15) is 0 Å². The summed E-state index contributed by atoms with van der Waals surface area (Å²) in [7, 11) is 1.32. The number of methoxy groups -OCH3 is 1. The third-order valence-corrected chi connectivity index (χ3v) is 4.91. The molecule has 142 valence electrons. The maximum absolute atomic E-state index is 10.3. The third-order valence-electron chi connectivity index (χ3n) is 4.19. The Bertz CT molecular complexity index is 400. The zero-order valence-electron chi connectivity index (χ0n) is 13.0. The summed E-state index contributed by atoms with van der Waals surface area (Å²) >= 11 is 8.14. The van der Waals surface area contributed by atoms with Crippen molar-refractivity contribution in [2.24, 2.45) is 0 Å². The van der Waals surface area contributed by atoms with Crippen molar-refractivity contribution in [3.63, 3.8) is 0 Å². The van der Waals surface area contributed by atoms with Crippen molar-refractivity contribution in [3.8, 4) is 0 Å². The molecule has 2 aliphatic rings. The molecule has 0 bridgehead atoms. The van der Waals surface area contributed by atoms with E-state index in [4.69, 9.17) is 18.9 Å². The van der Waals surface area contributed by atoms with Gasteiger partial charge < -0.3 is 44.5 Å². The summed E-state index contributed by atoms with van der Waals surface area (Å²) in [5.41, 5.74) is 0. The molecule has 11 heteroatoms. The fourth-order valence-electron chi connectivity index (χ4n) is 2.75. The molecule has 0 saturated carbocycles. The van der Waals surface area contributed by atoms with E-state index in [0.29, 0.717) is 0 Å². The normalized spacial score (nSPS) is 50.0. The Hall–Kier alpha value is 0.340. The highest BCUT2D eigenvalue weighted by Crippen LogP contribution is 2.29. The summed E-state index contributed by atoms with van der Waals surface area (Å²) in [5.74, 6) is 0.219. The molecule has 0 amide bonds. The zero-order chi connectivity index (χ0) is 18.0. The third kappa shape index (κ3) is 4.01. The standard InChI is InChI=1S/C13H24O9S2/c1-19-12-10(18)8(16)11(5(3-24)21-12)22-13-9(17)7(15)6(14)4(2-23)20-13/h4-18,23-24H,2-3H2,1H3. The predicted octanol–water partition coefficient (Wildman–Crippen LogP) is -2.87. The highest BCUT2D eigenvalue weighted by Gasteiger charge is 2.50. The smallest absolute Gasteiger partial charge is 0.187 e. The van der Waals surface area contributed by atoms with Gasteiger partial charge in [0.15, 0.2) is 12.6 Å². The number of hydrogen-bond acceptors (Lipinski definition) is 11. The highest BCUT2D eigenvalue weighted by molar-refractivity contribution is 7.80. The SMILES string of the molecule is COC1OC(CS)C(OC2OC(CS)C(O)C(O)C2O)C(O)C1O. The second-order valence-electron chi connectivity index (χ2n) is 5.74. The van der Waals surface area contributed by atoms with Crippen LogP contribution < -0.4 is 0 Å². The van der Waals surface area contributed by atoms with Crippen molar-refractivity contribution in [2.45, 2.75) is 61.4 Å².